The molecule has 3 aliphatic rings. The molecule has 24 nitrogen and oxygen atoms in total. The standard InChI is InChI=1S/C16H16N8O16P2.Na/c17-13-10-14(19-4-18-13)21(5-20-10)15-12-11(7(37-15)3-36-42(34,35)40-41(31,32)33)38-16(39-12)8(23(27)28)1-6(22(25)26)2-9(16)24(29)30;/h1-2,4-5,7-8,11-12,15H,3H2,(H,34,35)(H2,17,18,19)(H2,31,32,33);/q;+1/p-1/t7-,8?,11-,12-,15-,16?;/m1./s1. The second kappa shape index (κ2) is 11.6. The van der Waals surface area contributed by atoms with Crippen LogP contribution in [0.3, 0.4) is 0 Å². The number of aromatic nitrogens is 4. The third kappa shape index (κ3) is 6.10. The summed E-state index contributed by atoms with van der Waals surface area (Å²) in [6.07, 6.45) is -3.24. The fourth-order valence-corrected chi connectivity index (χ4v) is 6.18. The molecular weight excluding hydrogens is 645 g/mol. The van der Waals surface area contributed by atoms with Crippen molar-refractivity contribution in [1.29, 1.82) is 0 Å². The fraction of sp³-hybridized carbons (Fsp3) is 0.438. The molecule has 0 bridgehead atoms. The largest absolute Gasteiger partial charge is 1.00 e. The second-order valence-electron chi connectivity index (χ2n) is 8.66. The fourth-order valence-electron chi connectivity index (χ4n) is 4.61. The number of imidazole rings is 1. The van der Waals surface area contributed by atoms with Crippen molar-refractivity contribution in [3.05, 3.63) is 66.5 Å². The van der Waals surface area contributed by atoms with Gasteiger partial charge in [-0.25, -0.2) is 23.8 Å². The van der Waals surface area contributed by atoms with Crippen LogP contribution >= 0.6 is 15.6 Å². The molecule has 0 amide bonds. The van der Waals surface area contributed by atoms with Gasteiger partial charge in [0.15, 0.2) is 17.7 Å². The van der Waals surface area contributed by atoms with Crippen LogP contribution in [-0.2, 0) is 32.2 Å². The number of nitrogens with two attached hydrogens (primary N) is 1. The normalized spacial score (nSPS) is 30.9. The zero-order valence-electron chi connectivity index (χ0n) is 21.1. The number of hydrogen-bond donors (Lipinski definition) is 3. The first kappa shape index (κ1) is 33.1. The van der Waals surface area contributed by atoms with Gasteiger partial charge in [0.2, 0.25) is 0 Å². The van der Waals surface area contributed by atoms with E-state index >= 15 is 0 Å². The van der Waals surface area contributed by atoms with Crippen LogP contribution in [0.25, 0.3) is 11.2 Å². The molecule has 2 saturated heterocycles. The number of hydrogen-bond acceptors (Lipinski definition) is 18. The molecule has 27 heteroatoms. The number of ether oxygens (including phenoxy) is 3. The predicted molar refractivity (Wildman–Crippen MR) is 124 cm³/mol. The Morgan fingerprint density at radius 1 is 1.09 bits per heavy atom. The summed E-state index contributed by atoms with van der Waals surface area (Å²) in [5.41, 5.74) is 3.64. The van der Waals surface area contributed by atoms with Crippen molar-refractivity contribution in [3.63, 3.8) is 0 Å². The summed E-state index contributed by atoms with van der Waals surface area (Å²) in [5.74, 6) is -2.98. The first-order valence-electron chi connectivity index (χ1n) is 11.1. The SMILES string of the molecule is Nc1ncnc2c1ncn2[C@@H]1O[C@H](COP(=O)(O)OP(=O)([O-])O)[C@H]2OC3(O[C@H]21)C([N+](=O)[O-])=CC([N+](=O)[O-])=CC3[N+](=O)[O-].[Na+]. The van der Waals surface area contributed by atoms with E-state index in [2.05, 4.69) is 23.8 Å². The molecule has 4 N–H and O–H groups in total. The van der Waals surface area contributed by atoms with Crippen LogP contribution in [0, 0.1) is 30.3 Å². The van der Waals surface area contributed by atoms with Crippen LogP contribution in [-0.4, -0.2) is 80.8 Å². The molecule has 1 spiro atoms. The smallest absolute Gasteiger partial charge is 0.756 e. The molecular formula is C16H15N8NaO16P2. The molecule has 0 aromatic carbocycles. The predicted octanol–water partition coefficient (Wildman–Crippen LogP) is -4.64. The number of fused-ring (bicyclic) bond motifs is 2. The van der Waals surface area contributed by atoms with Gasteiger partial charge in [0.05, 0.1) is 34.9 Å². The molecule has 4 heterocycles. The van der Waals surface area contributed by atoms with Gasteiger partial charge in [-0.15, -0.1) is 0 Å². The Hall–Kier alpha value is -2.83. The van der Waals surface area contributed by atoms with Gasteiger partial charge in [0.1, 0.15) is 30.2 Å². The van der Waals surface area contributed by atoms with Crippen molar-refractivity contribution in [2.24, 2.45) is 0 Å². The number of nitrogen functional groups attached to an aromatic ring is 1. The number of allylic oxidation sites excluding steroid dienone is 1. The van der Waals surface area contributed by atoms with Gasteiger partial charge in [-0.3, -0.25) is 44.0 Å². The summed E-state index contributed by atoms with van der Waals surface area (Å²) in [5, 5.41) is 35.4. The molecule has 1 aliphatic carbocycles. The van der Waals surface area contributed by atoms with Gasteiger partial charge < -0.3 is 34.6 Å². The molecule has 2 fully saturated rings. The van der Waals surface area contributed by atoms with E-state index < -0.39 is 84.8 Å². The van der Waals surface area contributed by atoms with E-state index in [-0.39, 0.29) is 46.5 Å². The zero-order valence-corrected chi connectivity index (χ0v) is 24.9. The van der Waals surface area contributed by atoms with Crippen LogP contribution in [0.1, 0.15) is 6.23 Å². The Balaban J connectivity index is 0.00000423. The Kier molecular flexibility index (Phi) is 8.91. The van der Waals surface area contributed by atoms with E-state index in [1.54, 1.807) is 0 Å². The van der Waals surface area contributed by atoms with E-state index in [9.17, 15) is 49.3 Å². The topological polar surface area (TPSA) is 343 Å². The quantitative estimate of drug-likeness (QED) is 0.0985. The van der Waals surface area contributed by atoms with Crippen LogP contribution in [0.2, 0.25) is 0 Å². The molecule has 2 aromatic heterocycles. The van der Waals surface area contributed by atoms with Gasteiger partial charge in [0.25, 0.3) is 13.5 Å². The third-order valence-electron chi connectivity index (χ3n) is 6.17. The summed E-state index contributed by atoms with van der Waals surface area (Å²) in [6.45, 7) is -1.08. The van der Waals surface area contributed by atoms with Crippen molar-refractivity contribution in [2.45, 2.75) is 36.4 Å². The number of anilines is 1. The number of nitrogens with zero attached hydrogens (tertiary/aromatic N) is 7. The van der Waals surface area contributed by atoms with Crippen molar-refractivity contribution in [1.82, 2.24) is 19.5 Å². The number of nitro groups is 3. The second-order valence-corrected chi connectivity index (χ2v) is 11.4. The van der Waals surface area contributed by atoms with Crippen LogP contribution in [0.5, 0.6) is 0 Å². The average Bonchev–Trinajstić information content (AvgIpc) is 3.54. The molecule has 2 aromatic rings. The van der Waals surface area contributed by atoms with E-state index in [4.69, 9.17) is 24.8 Å². The molecule has 8 atom stereocenters. The maximum absolute atomic E-state index is 12.0. The first-order chi connectivity index (χ1) is 19.5. The van der Waals surface area contributed by atoms with Gasteiger partial charge in [-0.2, -0.15) is 0 Å². The maximum atomic E-state index is 12.0. The molecule has 0 radical (unpaired) electrons. The van der Waals surface area contributed by atoms with Crippen LogP contribution < -0.4 is 40.2 Å². The first-order valence-corrected chi connectivity index (χ1v) is 14.0. The summed E-state index contributed by atoms with van der Waals surface area (Å²) in [7, 11) is -11.3. The van der Waals surface area contributed by atoms with Crippen molar-refractivity contribution >= 4 is 32.6 Å². The molecule has 5 rings (SSSR count). The minimum atomic E-state index is -5.78. The summed E-state index contributed by atoms with van der Waals surface area (Å²) < 4.78 is 49.6. The Labute approximate surface area is 258 Å². The van der Waals surface area contributed by atoms with E-state index in [1.807, 2.05) is 0 Å². The van der Waals surface area contributed by atoms with Crippen molar-refractivity contribution in [3.8, 4) is 0 Å². The van der Waals surface area contributed by atoms with Gasteiger partial charge in [-0.1, -0.05) is 0 Å². The summed E-state index contributed by atoms with van der Waals surface area (Å²) in [4.78, 5) is 73.2. The monoisotopic (exact) mass is 660 g/mol. The molecule has 4 unspecified atom stereocenters. The molecule has 0 saturated carbocycles. The Morgan fingerprint density at radius 3 is 2.37 bits per heavy atom. The number of rotatable bonds is 9. The van der Waals surface area contributed by atoms with E-state index in [1.165, 1.54) is 4.57 Å². The molecule has 2 aliphatic heterocycles. The average molecular weight is 660 g/mol. The third-order valence-corrected chi connectivity index (χ3v) is 8.30. The van der Waals surface area contributed by atoms with E-state index in [0.717, 1.165) is 12.7 Å². The number of phosphoric acid groups is 2. The van der Waals surface area contributed by atoms with Gasteiger partial charge >= 0.3 is 54.9 Å². The van der Waals surface area contributed by atoms with Gasteiger partial charge in [0, 0.05) is 4.92 Å². The van der Waals surface area contributed by atoms with Crippen LogP contribution in [0.15, 0.2) is 36.2 Å². The summed E-state index contributed by atoms with van der Waals surface area (Å²) >= 11 is 0. The maximum Gasteiger partial charge on any atom is 1.00 e. The van der Waals surface area contributed by atoms with Crippen molar-refractivity contribution < 1.29 is 91.2 Å². The number of phosphoric ester groups is 1. The van der Waals surface area contributed by atoms with Crippen molar-refractivity contribution in [2.75, 3.05) is 12.3 Å². The Bertz CT molecular complexity index is 1660. The van der Waals surface area contributed by atoms with Crippen LogP contribution in [0.4, 0.5) is 5.82 Å². The minimum Gasteiger partial charge on any atom is -0.756 e. The summed E-state index contributed by atoms with van der Waals surface area (Å²) in [6, 6.07) is -2.36. The Morgan fingerprint density at radius 2 is 1.77 bits per heavy atom. The van der Waals surface area contributed by atoms with E-state index in [0.29, 0.717) is 12.2 Å². The molecule has 226 valence electrons. The molecule has 43 heavy (non-hydrogen) atoms. The minimum absolute atomic E-state index is 0. The zero-order chi connectivity index (χ0) is 30.8. The van der Waals surface area contributed by atoms with Gasteiger partial charge in [-0.05, 0) is 0 Å².